The smallest absolute Gasteiger partial charge is 0.330 e. The third-order valence-electron chi connectivity index (χ3n) is 6.96. The van der Waals surface area contributed by atoms with E-state index < -0.39 is 0 Å². The van der Waals surface area contributed by atoms with Gasteiger partial charge >= 0.3 is 5.97 Å². The predicted molar refractivity (Wildman–Crippen MR) is 163 cm³/mol. The second-order valence-electron chi connectivity index (χ2n) is 9.54. The lowest BCUT2D eigenvalue weighted by Gasteiger charge is -2.26. The van der Waals surface area contributed by atoms with E-state index in [2.05, 4.69) is 122 Å². The van der Waals surface area contributed by atoms with Gasteiger partial charge in [0.1, 0.15) is 0 Å². The highest BCUT2D eigenvalue weighted by molar-refractivity contribution is 5.87. The Kier molecular flexibility index (Phi) is 7.70. The van der Waals surface area contributed by atoms with Crippen LogP contribution in [0.4, 0.5) is 17.1 Å². The molecule has 3 nitrogen and oxygen atoms in total. The van der Waals surface area contributed by atoms with E-state index in [0.29, 0.717) is 0 Å². The fourth-order valence-electron chi connectivity index (χ4n) is 4.57. The molecule has 0 N–H and O–H groups in total. The highest BCUT2D eigenvalue weighted by Gasteiger charge is 2.14. The van der Waals surface area contributed by atoms with Crippen molar-refractivity contribution in [1.82, 2.24) is 0 Å². The van der Waals surface area contributed by atoms with Crippen molar-refractivity contribution in [2.45, 2.75) is 13.8 Å². The van der Waals surface area contributed by atoms with Crippen LogP contribution in [0.5, 0.6) is 0 Å². The fourth-order valence-corrected chi connectivity index (χ4v) is 4.57. The number of carbonyl (C=O) groups excluding carboxylic acids is 1. The van der Waals surface area contributed by atoms with E-state index in [1.807, 2.05) is 18.2 Å². The second-order valence-corrected chi connectivity index (χ2v) is 9.54. The van der Waals surface area contributed by atoms with Crippen LogP contribution < -0.4 is 4.90 Å². The van der Waals surface area contributed by atoms with Crippen LogP contribution >= 0.6 is 0 Å². The van der Waals surface area contributed by atoms with Gasteiger partial charge in [-0.2, -0.15) is 0 Å². The van der Waals surface area contributed by atoms with Gasteiger partial charge in [-0.3, -0.25) is 0 Å². The van der Waals surface area contributed by atoms with Gasteiger partial charge in [-0.25, -0.2) is 4.79 Å². The van der Waals surface area contributed by atoms with Crippen LogP contribution in [-0.2, 0) is 9.53 Å². The van der Waals surface area contributed by atoms with Gasteiger partial charge in [0.2, 0.25) is 0 Å². The number of hydrogen-bond acceptors (Lipinski definition) is 3. The molecule has 0 saturated heterocycles. The molecule has 5 aromatic carbocycles. The molecule has 0 radical (unpaired) electrons. The maximum atomic E-state index is 11.5. The molecule has 0 amide bonds. The van der Waals surface area contributed by atoms with Gasteiger partial charge in [0.15, 0.2) is 0 Å². The molecule has 0 unspecified atom stereocenters. The van der Waals surface area contributed by atoms with Crippen molar-refractivity contribution in [2.75, 3.05) is 12.0 Å². The average molecular weight is 510 g/mol. The lowest BCUT2D eigenvalue weighted by Crippen LogP contribution is -2.10. The summed E-state index contributed by atoms with van der Waals surface area (Å²) in [5.41, 5.74) is 11.4. The minimum absolute atomic E-state index is 0.370. The maximum absolute atomic E-state index is 11.5. The molecule has 0 spiro atoms. The standard InChI is InChI=1S/C36H31NO2/c1-26-9-19-35(25-27(26)2)37(33-20-10-28(11-21-33)12-24-36(38)39-3)34-22-17-32(18-23-34)31-15-13-30(14-16-31)29-7-5-4-6-8-29/h4-25H,1-3H3. The summed E-state index contributed by atoms with van der Waals surface area (Å²) in [4.78, 5) is 13.7. The molecule has 0 aromatic heterocycles. The largest absolute Gasteiger partial charge is 0.466 e. The Balaban J connectivity index is 1.46. The van der Waals surface area contributed by atoms with Gasteiger partial charge in [-0.1, -0.05) is 84.9 Å². The van der Waals surface area contributed by atoms with Crippen molar-refractivity contribution < 1.29 is 9.53 Å². The van der Waals surface area contributed by atoms with E-state index in [1.54, 1.807) is 6.08 Å². The lowest BCUT2D eigenvalue weighted by molar-refractivity contribution is -0.134. The van der Waals surface area contributed by atoms with E-state index in [9.17, 15) is 4.79 Å². The van der Waals surface area contributed by atoms with Crippen LogP contribution in [0, 0.1) is 13.8 Å². The summed E-state index contributed by atoms with van der Waals surface area (Å²) >= 11 is 0. The number of anilines is 3. The lowest BCUT2D eigenvalue weighted by atomic mass is 10.00. The highest BCUT2D eigenvalue weighted by atomic mass is 16.5. The van der Waals surface area contributed by atoms with E-state index in [0.717, 1.165) is 22.6 Å². The van der Waals surface area contributed by atoms with Crippen molar-refractivity contribution >= 4 is 29.1 Å². The third-order valence-corrected chi connectivity index (χ3v) is 6.96. The summed E-state index contributed by atoms with van der Waals surface area (Å²) in [6, 6.07) is 42.5. The van der Waals surface area contributed by atoms with Crippen molar-refractivity contribution in [3.05, 3.63) is 144 Å². The molecule has 0 bridgehead atoms. The van der Waals surface area contributed by atoms with Gasteiger partial charge in [0.25, 0.3) is 0 Å². The van der Waals surface area contributed by atoms with Gasteiger partial charge in [-0.15, -0.1) is 0 Å². The Bertz CT molecular complexity index is 1580. The molecule has 39 heavy (non-hydrogen) atoms. The molecule has 3 heteroatoms. The Labute approximate surface area is 230 Å². The summed E-state index contributed by atoms with van der Waals surface area (Å²) in [5, 5.41) is 0. The summed E-state index contributed by atoms with van der Waals surface area (Å²) in [6.07, 6.45) is 3.19. The van der Waals surface area contributed by atoms with Crippen molar-refractivity contribution in [2.24, 2.45) is 0 Å². The first kappa shape index (κ1) is 25.7. The van der Waals surface area contributed by atoms with E-state index in [4.69, 9.17) is 4.74 Å². The van der Waals surface area contributed by atoms with Crippen LogP contribution in [0.1, 0.15) is 16.7 Å². The van der Waals surface area contributed by atoms with Crippen LogP contribution in [0.15, 0.2) is 127 Å². The Morgan fingerprint density at radius 3 is 1.62 bits per heavy atom. The number of esters is 1. The molecule has 5 rings (SSSR count). The minimum Gasteiger partial charge on any atom is -0.466 e. The third kappa shape index (κ3) is 6.00. The first-order valence-corrected chi connectivity index (χ1v) is 13.0. The molecular weight excluding hydrogens is 478 g/mol. The molecule has 0 atom stereocenters. The van der Waals surface area contributed by atoms with Gasteiger partial charge < -0.3 is 9.64 Å². The predicted octanol–water partition coefficient (Wildman–Crippen LogP) is 9.29. The van der Waals surface area contributed by atoms with Crippen molar-refractivity contribution in [3.8, 4) is 22.3 Å². The van der Waals surface area contributed by atoms with E-state index >= 15 is 0 Å². The number of rotatable bonds is 7. The monoisotopic (exact) mass is 509 g/mol. The molecular formula is C36H31NO2. The van der Waals surface area contributed by atoms with Crippen LogP contribution in [-0.4, -0.2) is 13.1 Å². The number of carbonyl (C=O) groups is 1. The molecule has 5 aromatic rings. The van der Waals surface area contributed by atoms with Crippen LogP contribution in [0.2, 0.25) is 0 Å². The maximum Gasteiger partial charge on any atom is 0.330 e. The Morgan fingerprint density at radius 1 is 0.590 bits per heavy atom. The number of methoxy groups -OCH3 is 1. The van der Waals surface area contributed by atoms with Crippen LogP contribution in [0.3, 0.4) is 0 Å². The molecule has 0 aliphatic carbocycles. The van der Waals surface area contributed by atoms with E-state index in [1.165, 1.54) is 46.6 Å². The summed E-state index contributed by atoms with van der Waals surface area (Å²) in [7, 11) is 1.38. The number of aryl methyl sites for hydroxylation is 2. The quantitative estimate of drug-likeness (QED) is 0.162. The highest BCUT2D eigenvalue weighted by Crippen LogP contribution is 2.37. The summed E-state index contributed by atoms with van der Waals surface area (Å²) in [5.74, 6) is -0.370. The zero-order valence-corrected chi connectivity index (χ0v) is 22.5. The first-order chi connectivity index (χ1) is 19.0. The summed E-state index contributed by atoms with van der Waals surface area (Å²) < 4.78 is 4.70. The van der Waals surface area contributed by atoms with Gasteiger partial charge in [-0.05, 0) is 95.3 Å². The Morgan fingerprint density at radius 2 is 1.08 bits per heavy atom. The molecule has 0 aliphatic rings. The number of nitrogens with zero attached hydrogens (tertiary/aromatic N) is 1. The number of hydrogen-bond donors (Lipinski definition) is 0. The second kappa shape index (κ2) is 11.7. The SMILES string of the molecule is COC(=O)C=Cc1ccc(N(c2ccc(-c3ccc(-c4ccccc4)cc3)cc2)c2ccc(C)c(C)c2)cc1. The summed E-state index contributed by atoms with van der Waals surface area (Å²) in [6.45, 7) is 4.27. The minimum atomic E-state index is -0.370. The van der Waals surface area contributed by atoms with Crippen molar-refractivity contribution in [1.29, 1.82) is 0 Å². The number of benzene rings is 5. The van der Waals surface area contributed by atoms with Gasteiger partial charge in [0.05, 0.1) is 7.11 Å². The normalized spacial score (nSPS) is 10.9. The van der Waals surface area contributed by atoms with Crippen LogP contribution in [0.25, 0.3) is 28.3 Å². The average Bonchev–Trinajstić information content (AvgIpc) is 2.99. The molecule has 0 fully saturated rings. The first-order valence-electron chi connectivity index (χ1n) is 13.0. The van der Waals surface area contributed by atoms with Gasteiger partial charge in [0, 0.05) is 23.1 Å². The topological polar surface area (TPSA) is 29.5 Å². The molecule has 0 heterocycles. The van der Waals surface area contributed by atoms with Crippen molar-refractivity contribution in [3.63, 3.8) is 0 Å². The fraction of sp³-hybridized carbons (Fsp3) is 0.0833. The number of ether oxygens (including phenoxy) is 1. The molecule has 0 saturated carbocycles. The molecule has 0 aliphatic heterocycles. The van der Waals surface area contributed by atoms with E-state index in [-0.39, 0.29) is 5.97 Å². The zero-order valence-electron chi connectivity index (χ0n) is 22.5. The zero-order chi connectivity index (χ0) is 27.2. The Hall–Kier alpha value is -4.89. The molecule has 192 valence electrons.